The molecular formula is C18H20ClN3S. The highest BCUT2D eigenvalue weighted by atomic mass is 35.5. The molecule has 1 aromatic carbocycles. The third kappa shape index (κ3) is 2.70. The van der Waals surface area contributed by atoms with Gasteiger partial charge >= 0.3 is 0 Å². The Morgan fingerprint density at radius 2 is 1.96 bits per heavy atom. The van der Waals surface area contributed by atoms with Gasteiger partial charge in [0.25, 0.3) is 0 Å². The molecule has 3 nitrogen and oxygen atoms in total. The number of aryl methyl sites for hydroxylation is 1. The first kappa shape index (κ1) is 16.2. The van der Waals surface area contributed by atoms with Gasteiger partial charge in [-0.25, -0.2) is 4.98 Å². The highest BCUT2D eigenvalue weighted by Crippen LogP contribution is 2.35. The van der Waals surface area contributed by atoms with Crippen LogP contribution in [0.5, 0.6) is 0 Å². The number of hydrogen-bond donors (Lipinski definition) is 1. The summed E-state index contributed by atoms with van der Waals surface area (Å²) in [6.45, 7) is 4.10. The number of fused-ring (bicyclic) bond motifs is 2. The predicted octanol–water partition coefficient (Wildman–Crippen LogP) is 4.58. The smallest absolute Gasteiger partial charge is 0.153 e. The lowest BCUT2D eigenvalue weighted by Gasteiger charge is -2.30. The van der Waals surface area contributed by atoms with Crippen LogP contribution in [0.2, 0.25) is 0 Å². The van der Waals surface area contributed by atoms with Gasteiger partial charge in [-0.15, -0.1) is 24.2 Å². The first-order chi connectivity index (χ1) is 10.8. The number of nitrogens with zero attached hydrogens (tertiary/aromatic N) is 2. The zero-order chi connectivity index (χ0) is 15.1. The summed E-state index contributed by atoms with van der Waals surface area (Å²) in [5.41, 5.74) is 5.29. The van der Waals surface area contributed by atoms with Crippen LogP contribution in [-0.2, 0) is 13.0 Å². The van der Waals surface area contributed by atoms with Crippen LogP contribution in [0.25, 0.3) is 10.9 Å². The minimum Gasteiger partial charge on any atom is -0.355 e. The Bertz CT molecular complexity index is 843. The molecule has 0 saturated heterocycles. The Balaban J connectivity index is 0.00000156. The van der Waals surface area contributed by atoms with Gasteiger partial charge in [-0.1, -0.05) is 24.3 Å². The molecule has 4 rings (SSSR count). The zero-order valence-corrected chi connectivity index (χ0v) is 14.9. The van der Waals surface area contributed by atoms with E-state index >= 15 is 0 Å². The van der Waals surface area contributed by atoms with Crippen LogP contribution in [-0.4, -0.2) is 22.8 Å². The third-order valence-electron chi connectivity index (χ3n) is 4.46. The van der Waals surface area contributed by atoms with Gasteiger partial charge in [-0.05, 0) is 36.8 Å². The van der Waals surface area contributed by atoms with Gasteiger partial charge in [0, 0.05) is 35.3 Å². The molecule has 2 aromatic heterocycles. The van der Waals surface area contributed by atoms with Gasteiger partial charge in [0.05, 0.1) is 5.52 Å². The summed E-state index contributed by atoms with van der Waals surface area (Å²) < 4.78 is 0. The van der Waals surface area contributed by atoms with Crippen molar-refractivity contribution in [3.05, 3.63) is 53.3 Å². The van der Waals surface area contributed by atoms with Crippen LogP contribution < -0.4 is 4.90 Å². The number of rotatable bonds is 2. The Morgan fingerprint density at radius 1 is 1.17 bits per heavy atom. The molecule has 0 amide bonds. The molecule has 3 aromatic rings. The molecule has 1 aliphatic heterocycles. The average Bonchev–Trinajstić information content (AvgIpc) is 2.89. The summed E-state index contributed by atoms with van der Waals surface area (Å²) in [7, 11) is 0. The normalized spacial score (nSPS) is 13.7. The van der Waals surface area contributed by atoms with E-state index in [9.17, 15) is 0 Å². The van der Waals surface area contributed by atoms with E-state index in [1.54, 1.807) is 11.8 Å². The highest BCUT2D eigenvalue weighted by molar-refractivity contribution is 7.98. The number of aromatic nitrogens is 2. The van der Waals surface area contributed by atoms with Gasteiger partial charge in [-0.3, -0.25) is 0 Å². The number of aromatic amines is 1. The molecule has 0 radical (unpaired) electrons. The molecule has 1 aliphatic rings. The summed E-state index contributed by atoms with van der Waals surface area (Å²) in [5.74, 6) is 1.08. The van der Waals surface area contributed by atoms with Crippen LogP contribution in [0, 0.1) is 6.92 Å². The second kappa shape index (κ2) is 6.46. The minimum absolute atomic E-state index is 0. The van der Waals surface area contributed by atoms with Crippen LogP contribution in [0.4, 0.5) is 5.82 Å². The SMILES string of the molecule is CSc1c(C)[nH]c2c(N3CCc4ccccc4C3)nccc12.Cl. The van der Waals surface area contributed by atoms with Crippen molar-refractivity contribution < 1.29 is 0 Å². The van der Waals surface area contributed by atoms with Crippen molar-refractivity contribution in [3.63, 3.8) is 0 Å². The number of benzene rings is 1. The van der Waals surface area contributed by atoms with E-state index in [1.807, 2.05) is 6.20 Å². The van der Waals surface area contributed by atoms with Crippen molar-refractivity contribution >= 4 is 40.9 Å². The number of halogens is 1. The number of pyridine rings is 1. The van der Waals surface area contributed by atoms with Crippen molar-refractivity contribution in [2.75, 3.05) is 17.7 Å². The summed E-state index contributed by atoms with van der Waals surface area (Å²) in [6, 6.07) is 10.8. The molecule has 23 heavy (non-hydrogen) atoms. The van der Waals surface area contributed by atoms with E-state index in [-0.39, 0.29) is 12.4 Å². The lowest BCUT2D eigenvalue weighted by atomic mass is 10.00. The van der Waals surface area contributed by atoms with Gasteiger partial charge in [0.1, 0.15) is 0 Å². The van der Waals surface area contributed by atoms with Gasteiger partial charge in [0.2, 0.25) is 0 Å². The number of H-pyrrole nitrogens is 1. The molecule has 5 heteroatoms. The second-order valence-corrected chi connectivity index (χ2v) is 6.60. The van der Waals surface area contributed by atoms with Gasteiger partial charge < -0.3 is 9.88 Å². The molecule has 0 spiro atoms. The molecule has 1 N–H and O–H groups in total. The number of nitrogens with one attached hydrogen (secondary N) is 1. The summed E-state index contributed by atoms with van der Waals surface area (Å²) >= 11 is 1.80. The molecule has 0 fully saturated rings. The number of thioether (sulfide) groups is 1. The number of anilines is 1. The monoisotopic (exact) mass is 345 g/mol. The standard InChI is InChI=1S/C18H19N3S.ClH/c1-12-17(22-2)15-7-9-19-18(16(15)20-12)21-10-8-13-5-3-4-6-14(13)11-21;/h3-7,9,20H,8,10-11H2,1-2H3;1H. The maximum atomic E-state index is 4.68. The Labute approximate surface area is 146 Å². The second-order valence-electron chi connectivity index (χ2n) is 5.78. The van der Waals surface area contributed by atoms with E-state index in [2.05, 4.69) is 58.4 Å². The van der Waals surface area contributed by atoms with Crippen molar-refractivity contribution in [1.82, 2.24) is 9.97 Å². The van der Waals surface area contributed by atoms with Gasteiger partial charge in [-0.2, -0.15) is 0 Å². The lowest BCUT2D eigenvalue weighted by Crippen LogP contribution is -2.31. The molecule has 0 unspecified atom stereocenters. The van der Waals surface area contributed by atoms with Crippen molar-refractivity contribution in [3.8, 4) is 0 Å². The van der Waals surface area contributed by atoms with Crippen molar-refractivity contribution in [2.45, 2.75) is 24.8 Å². The fourth-order valence-electron chi connectivity index (χ4n) is 3.39. The van der Waals surface area contributed by atoms with Crippen LogP contribution in [0.1, 0.15) is 16.8 Å². The molecule has 0 atom stereocenters. The highest BCUT2D eigenvalue weighted by Gasteiger charge is 2.20. The Hall–Kier alpha value is -1.65. The van der Waals surface area contributed by atoms with E-state index in [4.69, 9.17) is 0 Å². The lowest BCUT2D eigenvalue weighted by molar-refractivity contribution is 0.723. The van der Waals surface area contributed by atoms with Crippen molar-refractivity contribution in [1.29, 1.82) is 0 Å². The first-order valence-corrected chi connectivity index (χ1v) is 8.83. The minimum atomic E-state index is 0. The summed E-state index contributed by atoms with van der Waals surface area (Å²) in [5, 5.41) is 1.29. The van der Waals surface area contributed by atoms with Crippen LogP contribution >= 0.6 is 24.2 Å². The molecule has 0 saturated carbocycles. The predicted molar refractivity (Wildman–Crippen MR) is 101 cm³/mol. The first-order valence-electron chi connectivity index (χ1n) is 7.61. The Morgan fingerprint density at radius 3 is 2.74 bits per heavy atom. The molecule has 3 heterocycles. The maximum Gasteiger partial charge on any atom is 0.153 e. The van der Waals surface area contributed by atoms with E-state index < -0.39 is 0 Å². The quantitative estimate of drug-likeness (QED) is 0.690. The third-order valence-corrected chi connectivity index (χ3v) is 5.40. The van der Waals surface area contributed by atoms with Crippen LogP contribution in [0.15, 0.2) is 41.4 Å². The Kier molecular flexibility index (Phi) is 4.55. The zero-order valence-electron chi connectivity index (χ0n) is 13.3. The molecule has 120 valence electrons. The van der Waals surface area contributed by atoms with Crippen molar-refractivity contribution in [2.24, 2.45) is 0 Å². The van der Waals surface area contributed by atoms with E-state index in [0.29, 0.717) is 0 Å². The topological polar surface area (TPSA) is 31.9 Å². The number of hydrogen-bond acceptors (Lipinski definition) is 3. The van der Waals surface area contributed by atoms with E-state index in [0.717, 1.165) is 25.3 Å². The average molecular weight is 346 g/mol. The van der Waals surface area contributed by atoms with Gasteiger partial charge in [0.15, 0.2) is 5.82 Å². The van der Waals surface area contributed by atoms with Crippen LogP contribution in [0.3, 0.4) is 0 Å². The van der Waals surface area contributed by atoms with E-state index in [1.165, 1.54) is 32.6 Å². The summed E-state index contributed by atoms with van der Waals surface area (Å²) in [4.78, 5) is 11.9. The fraction of sp³-hybridized carbons (Fsp3) is 0.278. The molecule has 0 aliphatic carbocycles. The maximum absolute atomic E-state index is 4.68. The summed E-state index contributed by atoms with van der Waals surface area (Å²) in [6.07, 6.45) is 5.15. The molecular weight excluding hydrogens is 326 g/mol. The fourth-order valence-corrected chi connectivity index (χ4v) is 4.14. The molecule has 0 bridgehead atoms. The largest absolute Gasteiger partial charge is 0.355 e.